The molecule has 3 aromatic rings. The van der Waals surface area contributed by atoms with Crippen molar-refractivity contribution in [3.8, 4) is 5.75 Å². The fourth-order valence-corrected chi connectivity index (χ4v) is 4.73. The van der Waals surface area contributed by atoms with E-state index in [1.165, 1.54) is 0 Å². The number of fused-ring (bicyclic) bond motifs is 1. The maximum Gasteiger partial charge on any atom is 0.257 e. The average molecular weight is 489 g/mol. The molecule has 190 valence electrons. The SMILES string of the molecule is Cc1nccn1CCC(=O)N1CCCCCN(C)C(=O)c2ccccc2OC[C@@H]1Cc1ccccc1. The molecule has 4 rings (SSSR count). The van der Waals surface area contributed by atoms with Gasteiger partial charge in [-0.25, -0.2) is 4.98 Å². The topological polar surface area (TPSA) is 67.7 Å². The lowest BCUT2D eigenvalue weighted by molar-refractivity contribution is -0.134. The number of ether oxygens (including phenoxy) is 1. The summed E-state index contributed by atoms with van der Waals surface area (Å²) in [5.41, 5.74) is 1.72. The minimum Gasteiger partial charge on any atom is -0.491 e. The summed E-state index contributed by atoms with van der Waals surface area (Å²) in [6.07, 6.45) is 7.49. The number of carbonyl (C=O) groups excluding carboxylic acids is 2. The number of carbonyl (C=O) groups is 2. The molecule has 0 unspecified atom stereocenters. The van der Waals surface area contributed by atoms with Gasteiger partial charge in [-0.1, -0.05) is 42.5 Å². The van der Waals surface area contributed by atoms with Gasteiger partial charge in [-0.15, -0.1) is 0 Å². The van der Waals surface area contributed by atoms with Crippen LogP contribution in [0.1, 0.15) is 47.4 Å². The number of para-hydroxylation sites is 1. The number of hydrogen-bond acceptors (Lipinski definition) is 4. The number of amides is 2. The van der Waals surface area contributed by atoms with E-state index < -0.39 is 0 Å². The summed E-state index contributed by atoms with van der Waals surface area (Å²) in [5.74, 6) is 1.55. The zero-order valence-corrected chi connectivity index (χ0v) is 21.3. The summed E-state index contributed by atoms with van der Waals surface area (Å²) < 4.78 is 8.31. The Hall–Kier alpha value is -3.61. The highest BCUT2D eigenvalue weighted by atomic mass is 16.5. The molecule has 7 heteroatoms. The van der Waals surface area contributed by atoms with E-state index in [-0.39, 0.29) is 17.9 Å². The molecular formula is C29H36N4O3. The fourth-order valence-electron chi connectivity index (χ4n) is 4.73. The van der Waals surface area contributed by atoms with Crippen LogP contribution < -0.4 is 4.74 Å². The summed E-state index contributed by atoms with van der Waals surface area (Å²) in [7, 11) is 1.84. The standard InChI is InChI=1S/C29H36N4O3/c1-23-30-16-20-32(23)19-15-28(34)33-18-10-4-9-17-31(2)29(35)26-13-7-8-14-27(26)36-22-25(33)21-24-11-5-3-6-12-24/h3,5-8,11-14,16,20,25H,4,9-10,15,17-19,21-22H2,1-2H3/t25-/m0/s1. The molecule has 0 aliphatic carbocycles. The van der Waals surface area contributed by atoms with Crippen LogP contribution in [0.15, 0.2) is 67.0 Å². The molecule has 36 heavy (non-hydrogen) atoms. The molecule has 0 N–H and O–H groups in total. The van der Waals surface area contributed by atoms with E-state index in [2.05, 4.69) is 17.1 Å². The fraction of sp³-hybridized carbons (Fsp3) is 0.414. The third kappa shape index (κ3) is 6.53. The van der Waals surface area contributed by atoms with Gasteiger partial charge in [0.05, 0.1) is 11.6 Å². The van der Waals surface area contributed by atoms with Gasteiger partial charge in [0.1, 0.15) is 18.2 Å². The number of nitrogens with zero attached hydrogens (tertiary/aromatic N) is 4. The van der Waals surface area contributed by atoms with Crippen LogP contribution in [0.5, 0.6) is 5.75 Å². The van der Waals surface area contributed by atoms with E-state index in [0.717, 1.165) is 30.7 Å². The number of hydrogen-bond donors (Lipinski definition) is 0. The molecule has 0 saturated carbocycles. The first-order valence-corrected chi connectivity index (χ1v) is 12.8. The van der Waals surface area contributed by atoms with E-state index in [0.29, 0.717) is 50.4 Å². The van der Waals surface area contributed by atoms with E-state index in [9.17, 15) is 9.59 Å². The highest BCUT2D eigenvalue weighted by Crippen LogP contribution is 2.22. The van der Waals surface area contributed by atoms with Gasteiger partial charge in [0, 0.05) is 45.5 Å². The molecule has 0 spiro atoms. The number of aromatic nitrogens is 2. The lowest BCUT2D eigenvalue weighted by atomic mass is 10.0. The van der Waals surface area contributed by atoms with Crippen LogP contribution in [0.4, 0.5) is 0 Å². The Balaban J connectivity index is 1.60. The molecule has 1 aliphatic rings. The van der Waals surface area contributed by atoms with Gasteiger partial charge >= 0.3 is 0 Å². The quantitative estimate of drug-likeness (QED) is 0.535. The van der Waals surface area contributed by atoms with Gasteiger partial charge in [0.2, 0.25) is 5.91 Å². The van der Waals surface area contributed by atoms with E-state index in [1.54, 1.807) is 11.1 Å². The van der Waals surface area contributed by atoms with Crippen molar-refractivity contribution in [1.82, 2.24) is 19.4 Å². The third-order valence-electron chi connectivity index (χ3n) is 6.85. The molecule has 0 radical (unpaired) electrons. The highest BCUT2D eigenvalue weighted by molar-refractivity contribution is 5.96. The lowest BCUT2D eigenvalue weighted by Gasteiger charge is -2.32. The molecule has 2 aromatic carbocycles. The Morgan fingerprint density at radius 2 is 1.78 bits per heavy atom. The van der Waals surface area contributed by atoms with Gasteiger partial charge < -0.3 is 19.1 Å². The second kappa shape index (κ2) is 12.4. The number of aryl methyl sites for hydroxylation is 2. The Kier molecular flexibility index (Phi) is 8.76. The highest BCUT2D eigenvalue weighted by Gasteiger charge is 2.26. The van der Waals surface area contributed by atoms with Crippen LogP contribution in [-0.4, -0.2) is 64.0 Å². The zero-order chi connectivity index (χ0) is 25.3. The monoisotopic (exact) mass is 488 g/mol. The van der Waals surface area contributed by atoms with Crippen LogP contribution >= 0.6 is 0 Å². The molecule has 0 bridgehead atoms. The van der Waals surface area contributed by atoms with Crippen molar-refractivity contribution >= 4 is 11.8 Å². The molecule has 0 fully saturated rings. The van der Waals surface area contributed by atoms with Crippen molar-refractivity contribution in [3.63, 3.8) is 0 Å². The first kappa shape index (κ1) is 25.5. The van der Waals surface area contributed by atoms with Gasteiger partial charge in [-0.05, 0) is 50.3 Å². The largest absolute Gasteiger partial charge is 0.491 e. The van der Waals surface area contributed by atoms with Crippen molar-refractivity contribution < 1.29 is 14.3 Å². The summed E-state index contributed by atoms with van der Waals surface area (Å²) in [4.78, 5) is 34.7. The van der Waals surface area contributed by atoms with Crippen molar-refractivity contribution in [1.29, 1.82) is 0 Å². The average Bonchev–Trinajstić information content (AvgIpc) is 3.31. The first-order valence-electron chi connectivity index (χ1n) is 12.8. The minimum absolute atomic E-state index is 0.0342. The van der Waals surface area contributed by atoms with E-state index in [4.69, 9.17) is 4.74 Å². The van der Waals surface area contributed by atoms with Crippen molar-refractivity contribution in [3.05, 3.63) is 83.9 Å². The predicted octanol–water partition coefficient (Wildman–Crippen LogP) is 4.36. The molecule has 1 atom stereocenters. The molecule has 0 saturated heterocycles. The number of imidazole rings is 1. The van der Waals surface area contributed by atoms with Gasteiger partial charge in [0.25, 0.3) is 5.91 Å². The first-order chi connectivity index (χ1) is 17.5. The maximum atomic E-state index is 13.6. The van der Waals surface area contributed by atoms with Crippen LogP contribution in [-0.2, 0) is 17.8 Å². The van der Waals surface area contributed by atoms with Crippen LogP contribution in [0.3, 0.4) is 0 Å². The summed E-state index contributed by atoms with van der Waals surface area (Å²) in [6, 6.07) is 17.5. The summed E-state index contributed by atoms with van der Waals surface area (Å²) in [6.45, 7) is 4.21. The molecule has 2 amide bonds. The summed E-state index contributed by atoms with van der Waals surface area (Å²) >= 11 is 0. The molecule has 1 aromatic heterocycles. The number of benzene rings is 2. The van der Waals surface area contributed by atoms with Crippen molar-refractivity contribution in [2.75, 3.05) is 26.7 Å². The van der Waals surface area contributed by atoms with Gasteiger partial charge in [-0.3, -0.25) is 9.59 Å². The second-order valence-corrected chi connectivity index (χ2v) is 9.44. The van der Waals surface area contributed by atoms with Crippen LogP contribution in [0.25, 0.3) is 0 Å². The Morgan fingerprint density at radius 3 is 2.56 bits per heavy atom. The van der Waals surface area contributed by atoms with Gasteiger partial charge in [-0.2, -0.15) is 0 Å². The summed E-state index contributed by atoms with van der Waals surface area (Å²) in [5, 5.41) is 0. The Bertz CT molecular complexity index is 1140. The normalized spacial score (nSPS) is 17.4. The number of rotatable bonds is 5. The maximum absolute atomic E-state index is 13.6. The predicted molar refractivity (Wildman–Crippen MR) is 140 cm³/mol. The van der Waals surface area contributed by atoms with Crippen LogP contribution in [0, 0.1) is 6.92 Å². The minimum atomic E-state index is -0.148. The third-order valence-corrected chi connectivity index (χ3v) is 6.85. The second-order valence-electron chi connectivity index (χ2n) is 9.44. The van der Waals surface area contributed by atoms with E-state index >= 15 is 0 Å². The van der Waals surface area contributed by atoms with Gasteiger partial charge in [0.15, 0.2) is 0 Å². The van der Waals surface area contributed by atoms with E-state index in [1.807, 2.05) is 72.1 Å². The Morgan fingerprint density at radius 1 is 1.03 bits per heavy atom. The molecule has 1 aliphatic heterocycles. The zero-order valence-electron chi connectivity index (χ0n) is 21.3. The molecule has 7 nitrogen and oxygen atoms in total. The van der Waals surface area contributed by atoms with Crippen molar-refractivity contribution in [2.24, 2.45) is 0 Å². The van der Waals surface area contributed by atoms with Crippen LogP contribution in [0.2, 0.25) is 0 Å². The molecule has 2 heterocycles. The molecular weight excluding hydrogens is 452 g/mol. The Labute approximate surface area is 213 Å². The smallest absolute Gasteiger partial charge is 0.257 e. The lowest BCUT2D eigenvalue weighted by Crippen LogP contribution is -2.46. The van der Waals surface area contributed by atoms with Crippen molar-refractivity contribution in [2.45, 2.75) is 51.6 Å².